The van der Waals surface area contributed by atoms with Crippen LogP contribution in [0.5, 0.6) is 0 Å². The largest absolute Gasteiger partial charge is 0.396 e. The van der Waals surface area contributed by atoms with Gasteiger partial charge in [0.05, 0.1) is 31.0 Å². The van der Waals surface area contributed by atoms with E-state index < -0.39 is 40.7 Å². The van der Waals surface area contributed by atoms with Crippen LogP contribution in [0.1, 0.15) is 118 Å². The molecular formula is C39H58O6. The van der Waals surface area contributed by atoms with Crippen molar-refractivity contribution in [1.82, 2.24) is 0 Å². The highest BCUT2D eigenvalue weighted by Crippen LogP contribution is 2.83. The Morgan fingerprint density at radius 1 is 0.911 bits per heavy atom. The molecule has 6 fully saturated rings. The maximum absolute atomic E-state index is 15.2. The molecule has 0 radical (unpaired) electrons. The van der Waals surface area contributed by atoms with Gasteiger partial charge in [0.2, 0.25) is 0 Å². The fourth-order valence-electron chi connectivity index (χ4n) is 15.9. The molecule has 13 atom stereocenters. The number of fused-ring (bicyclic) bond motifs is 2. The number of aliphatic hydroxyl groups is 5. The van der Waals surface area contributed by atoms with Gasteiger partial charge in [-0.25, -0.2) is 0 Å². The molecule has 0 amide bonds. The average molecular weight is 623 g/mol. The Morgan fingerprint density at radius 2 is 1.64 bits per heavy atom. The maximum atomic E-state index is 15.2. The number of hydrogen-bond acceptors (Lipinski definition) is 6. The molecule has 2 bridgehead atoms. The summed E-state index contributed by atoms with van der Waals surface area (Å²) < 4.78 is 0. The molecule has 0 aromatic heterocycles. The minimum atomic E-state index is -1.16. The quantitative estimate of drug-likeness (QED) is 0.266. The maximum Gasteiger partial charge on any atom is 0.159 e. The van der Waals surface area contributed by atoms with Gasteiger partial charge in [-0.3, -0.25) is 4.79 Å². The summed E-state index contributed by atoms with van der Waals surface area (Å²) in [5, 5.41) is 57.9. The van der Waals surface area contributed by atoms with Crippen molar-refractivity contribution in [3.05, 3.63) is 23.8 Å². The van der Waals surface area contributed by atoms with Crippen molar-refractivity contribution in [1.29, 1.82) is 0 Å². The minimum absolute atomic E-state index is 0.0265. The second-order valence-corrected chi connectivity index (χ2v) is 18.9. The predicted octanol–water partition coefficient (Wildman–Crippen LogP) is 5.50. The summed E-state index contributed by atoms with van der Waals surface area (Å²) in [6.07, 6.45) is 17.2. The molecule has 8 aliphatic rings. The van der Waals surface area contributed by atoms with Crippen molar-refractivity contribution in [2.24, 2.45) is 61.6 Å². The van der Waals surface area contributed by atoms with Crippen LogP contribution in [0.4, 0.5) is 0 Å². The molecule has 0 aliphatic heterocycles. The van der Waals surface area contributed by atoms with E-state index in [1.807, 2.05) is 13.0 Å². The molecule has 250 valence electrons. The lowest BCUT2D eigenvalue weighted by Crippen LogP contribution is -2.76. The molecular weight excluding hydrogens is 564 g/mol. The lowest BCUT2D eigenvalue weighted by atomic mass is 9.27. The highest BCUT2D eigenvalue weighted by Gasteiger charge is 2.80. The fourth-order valence-corrected chi connectivity index (χ4v) is 15.9. The molecule has 5 N–H and O–H groups in total. The molecule has 0 saturated heterocycles. The summed E-state index contributed by atoms with van der Waals surface area (Å²) in [7, 11) is 0. The van der Waals surface area contributed by atoms with Crippen molar-refractivity contribution in [2.75, 3.05) is 13.2 Å². The third-order valence-corrected chi connectivity index (χ3v) is 17.3. The monoisotopic (exact) mass is 622 g/mol. The van der Waals surface area contributed by atoms with Crippen LogP contribution in [0.3, 0.4) is 0 Å². The first-order chi connectivity index (χ1) is 21.2. The number of allylic oxidation sites excluding steroid dienone is 3. The molecule has 0 aromatic rings. The Morgan fingerprint density at radius 3 is 2.38 bits per heavy atom. The van der Waals surface area contributed by atoms with Gasteiger partial charge in [0.15, 0.2) is 5.78 Å². The number of rotatable bonds is 3. The zero-order valence-corrected chi connectivity index (χ0v) is 28.2. The van der Waals surface area contributed by atoms with Gasteiger partial charge in [0.25, 0.3) is 0 Å². The van der Waals surface area contributed by atoms with Gasteiger partial charge >= 0.3 is 0 Å². The number of hydrogen-bond donors (Lipinski definition) is 5. The summed E-state index contributed by atoms with van der Waals surface area (Å²) >= 11 is 0. The van der Waals surface area contributed by atoms with Crippen molar-refractivity contribution in [3.8, 4) is 0 Å². The third kappa shape index (κ3) is 3.29. The van der Waals surface area contributed by atoms with Crippen LogP contribution >= 0.6 is 0 Å². The summed E-state index contributed by atoms with van der Waals surface area (Å²) in [4.78, 5) is 15.2. The minimum Gasteiger partial charge on any atom is -0.396 e. The van der Waals surface area contributed by atoms with Crippen molar-refractivity contribution in [2.45, 2.75) is 135 Å². The average Bonchev–Trinajstić information content (AvgIpc) is 3.34. The SMILES string of the molecule is CC1(C)CC2C3=CC(=O)C4C56CCCCC4(CCC5C(C)(C(O)CO)C(O)CC6)C3(C)CC3(O)C=CC4CCCC4(C1)C23CO. The topological polar surface area (TPSA) is 118 Å². The second-order valence-electron chi connectivity index (χ2n) is 18.9. The Balaban J connectivity index is 1.36. The van der Waals surface area contributed by atoms with Crippen LogP contribution in [-0.2, 0) is 4.79 Å². The van der Waals surface area contributed by atoms with Gasteiger partial charge < -0.3 is 25.5 Å². The molecule has 6 heteroatoms. The number of carbonyl (C=O) groups is 1. The number of ketones is 1. The molecule has 0 aromatic carbocycles. The van der Waals surface area contributed by atoms with E-state index in [2.05, 4.69) is 32.9 Å². The van der Waals surface area contributed by atoms with Gasteiger partial charge in [-0.05, 0) is 122 Å². The van der Waals surface area contributed by atoms with Crippen molar-refractivity contribution in [3.63, 3.8) is 0 Å². The van der Waals surface area contributed by atoms with E-state index in [1.54, 1.807) is 0 Å². The summed E-state index contributed by atoms with van der Waals surface area (Å²) in [6, 6.07) is 0. The highest BCUT2D eigenvalue weighted by molar-refractivity contribution is 5.96. The Kier molecular flexibility index (Phi) is 6.48. The van der Waals surface area contributed by atoms with Gasteiger partial charge in [-0.2, -0.15) is 0 Å². The van der Waals surface area contributed by atoms with Crippen molar-refractivity contribution < 1.29 is 30.3 Å². The lowest BCUT2D eigenvalue weighted by molar-refractivity contribution is -0.282. The van der Waals surface area contributed by atoms with Crippen molar-refractivity contribution >= 4 is 5.78 Å². The lowest BCUT2D eigenvalue weighted by Gasteiger charge is -2.77. The van der Waals surface area contributed by atoms with Gasteiger partial charge in [0.1, 0.15) is 0 Å². The van der Waals surface area contributed by atoms with E-state index in [9.17, 15) is 25.5 Å². The Labute approximate surface area is 269 Å². The van der Waals surface area contributed by atoms with E-state index in [0.717, 1.165) is 77.0 Å². The molecule has 45 heavy (non-hydrogen) atoms. The molecule has 0 heterocycles. The van der Waals surface area contributed by atoms with Gasteiger partial charge in [-0.15, -0.1) is 0 Å². The van der Waals surface area contributed by atoms with E-state index in [0.29, 0.717) is 18.8 Å². The second kappa shape index (κ2) is 9.34. The Hall–Kier alpha value is -1.05. The normalized spacial score (nSPS) is 56.5. The molecule has 8 aliphatic carbocycles. The van der Waals surface area contributed by atoms with Crippen LogP contribution in [-0.4, -0.2) is 62.3 Å². The van der Waals surface area contributed by atoms with Crippen LogP contribution < -0.4 is 0 Å². The molecule has 13 unspecified atom stereocenters. The van der Waals surface area contributed by atoms with Crippen LogP contribution in [0.25, 0.3) is 0 Å². The molecule has 6 saturated carbocycles. The standard InChI is InChI=1S/C39H58O6/c1-32(2)19-26-25-18-27(42)31-35-12-5-6-13-36(31,16-10-28(35)34(4,30(44)20-40)29(43)11-15-35)33(25,3)22-38(45)17-9-24-8-7-14-37(24,21-32)39(26,38)23-41/h9,17-18,24,26,28-31,40-41,43-45H,5-8,10-16,19-23H2,1-4H3. The van der Waals surface area contributed by atoms with E-state index in [1.165, 1.54) is 5.57 Å². The van der Waals surface area contributed by atoms with Gasteiger partial charge in [0, 0.05) is 16.7 Å². The summed E-state index contributed by atoms with van der Waals surface area (Å²) in [5.74, 6) is 0.204. The summed E-state index contributed by atoms with van der Waals surface area (Å²) in [6.45, 7) is 8.66. The van der Waals surface area contributed by atoms with E-state index in [4.69, 9.17) is 0 Å². The first-order valence-corrected chi connectivity index (χ1v) is 18.4. The fraction of sp³-hybridized carbons (Fsp3) is 0.872. The smallest absolute Gasteiger partial charge is 0.159 e. The zero-order valence-electron chi connectivity index (χ0n) is 28.2. The number of aliphatic hydroxyl groups excluding tert-OH is 4. The first-order valence-electron chi connectivity index (χ1n) is 18.4. The van der Waals surface area contributed by atoms with Crippen LogP contribution in [0, 0.1) is 61.6 Å². The van der Waals surface area contributed by atoms with E-state index in [-0.39, 0.29) is 51.8 Å². The number of carbonyl (C=O) groups excluding carboxylic acids is 1. The van der Waals surface area contributed by atoms with Gasteiger partial charge in [-0.1, -0.05) is 64.7 Å². The highest BCUT2D eigenvalue weighted by atomic mass is 16.3. The predicted molar refractivity (Wildman–Crippen MR) is 172 cm³/mol. The molecule has 2 spiro atoms. The summed E-state index contributed by atoms with van der Waals surface area (Å²) in [5.41, 5.74) is -2.77. The zero-order chi connectivity index (χ0) is 32.1. The van der Waals surface area contributed by atoms with Crippen LogP contribution in [0.15, 0.2) is 23.8 Å². The Bertz CT molecular complexity index is 1350. The van der Waals surface area contributed by atoms with E-state index >= 15 is 4.79 Å². The first kappa shape index (κ1) is 31.2. The van der Waals surface area contributed by atoms with Crippen LogP contribution in [0.2, 0.25) is 0 Å². The molecule has 8 rings (SSSR count). The third-order valence-electron chi connectivity index (χ3n) is 17.3. The molecule has 6 nitrogen and oxygen atoms in total.